The van der Waals surface area contributed by atoms with Gasteiger partial charge in [0.1, 0.15) is 0 Å². The molecule has 1 aromatic heterocycles. The van der Waals surface area contributed by atoms with Crippen LogP contribution in [0.5, 0.6) is 0 Å². The molecule has 2 rings (SSSR count). The van der Waals surface area contributed by atoms with Crippen LogP contribution in [0.3, 0.4) is 0 Å². The second-order valence-corrected chi connectivity index (χ2v) is 5.02. The number of rotatable bonds is 3. The highest BCUT2D eigenvalue weighted by Crippen LogP contribution is 2.32. The summed E-state index contributed by atoms with van der Waals surface area (Å²) in [7, 11) is 0. The van der Waals surface area contributed by atoms with E-state index >= 15 is 0 Å². The van der Waals surface area contributed by atoms with Crippen LogP contribution in [-0.2, 0) is 6.61 Å². The molecule has 1 aromatic rings. The van der Waals surface area contributed by atoms with E-state index in [1.54, 1.807) is 11.3 Å². The van der Waals surface area contributed by atoms with Crippen molar-refractivity contribution in [1.82, 2.24) is 4.98 Å². The molecule has 0 spiro atoms. The Morgan fingerprint density at radius 1 is 1.50 bits per heavy atom. The minimum absolute atomic E-state index is 0.124. The summed E-state index contributed by atoms with van der Waals surface area (Å²) in [6, 6.07) is 0. The van der Waals surface area contributed by atoms with Gasteiger partial charge in [-0.15, -0.1) is 0 Å². The fourth-order valence-corrected chi connectivity index (χ4v) is 2.68. The van der Waals surface area contributed by atoms with Crippen LogP contribution in [0.2, 0.25) is 0 Å². The van der Waals surface area contributed by atoms with E-state index in [2.05, 4.69) is 23.7 Å². The van der Waals surface area contributed by atoms with Crippen LogP contribution in [0.15, 0.2) is 0 Å². The Balaban J connectivity index is 2.25. The van der Waals surface area contributed by atoms with Gasteiger partial charge >= 0.3 is 0 Å². The third-order valence-corrected chi connectivity index (χ3v) is 3.65. The highest BCUT2D eigenvalue weighted by molar-refractivity contribution is 7.15. The van der Waals surface area contributed by atoms with Gasteiger partial charge in [0, 0.05) is 13.1 Å². The van der Waals surface area contributed by atoms with E-state index < -0.39 is 0 Å². The van der Waals surface area contributed by atoms with Crippen LogP contribution in [0.1, 0.15) is 36.8 Å². The Labute approximate surface area is 88.4 Å². The van der Waals surface area contributed by atoms with Crippen molar-refractivity contribution in [2.24, 2.45) is 0 Å². The van der Waals surface area contributed by atoms with E-state index in [0.29, 0.717) is 5.92 Å². The van der Waals surface area contributed by atoms with Gasteiger partial charge in [-0.25, -0.2) is 4.98 Å². The predicted octanol–water partition coefficient (Wildman–Crippen LogP) is 1.97. The lowest BCUT2D eigenvalue weighted by Crippen LogP contribution is -2.36. The normalized spacial score (nSPS) is 16.1. The molecule has 0 atom stereocenters. The number of aliphatic hydroxyl groups excluding tert-OH is 1. The Morgan fingerprint density at radius 2 is 2.21 bits per heavy atom. The predicted molar refractivity (Wildman–Crippen MR) is 59.0 cm³/mol. The van der Waals surface area contributed by atoms with Gasteiger partial charge in [-0.1, -0.05) is 25.2 Å². The Morgan fingerprint density at radius 3 is 2.57 bits per heavy atom. The first kappa shape index (κ1) is 9.93. The average molecular weight is 212 g/mol. The van der Waals surface area contributed by atoms with Crippen LogP contribution < -0.4 is 4.90 Å². The zero-order chi connectivity index (χ0) is 10.1. The van der Waals surface area contributed by atoms with Gasteiger partial charge in [-0.05, 0) is 12.3 Å². The number of aromatic nitrogens is 1. The third kappa shape index (κ3) is 1.64. The summed E-state index contributed by atoms with van der Waals surface area (Å²) in [5.41, 5.74) is 1.07. The smallest absolute Gasteiger partial charge is 0.185 e. The molecule has 1 saturated heterocycles. The van der Waals surface area contributed by atoms with E-state index in [1.165, 1.54) is 6.42 Å². The Bertz CT molecular complexity index is 318. The van der Waals surface area contributed by atoms with Gasteiger partial charge in [0.05, 0.1) is 17.2 Å². The van der Waals surface area contributed by atoms with Crippen molar-refractivity contribution in [2.75, 3.05) is 18.0 Å². The average Bonchev–Trinajstić information content (AvgIpc) is 2.45. The lowest BCUT2D eigenvalue weighted by atomic mass is 10.1. The Hall–Kier alpha value is -0.610. The van der Waals surface area contributed by atoms with Gasteiger partial charge in [0.15, 0.2) is 5.13 Å². The molecule has 1 aliphatic heterocycles. The van der Waals surface area contributed by atoms with Crippen molar-refractivity contribution in [3.05, 3.63) is 10.6 Å². The molecule has 0 amide bonds. The quantitative estimate of drug-likeness (QED) is 0.832. The van der Waals surface area contributed by atoms with Crippen LogP contribution in [0, 0.1) is 0 Å². The maximum atomic E-state index is 9.21. The first-order valence-electron chi connectivity index (χ1n) is 5.07. The molecule has 0 radical (unpaired) electrons. The highest BCUT2D eigenvalue weighted by atomic mass is 32.1. The van der Waals surface area contributed by atoms with Crippen molar-refractivity contribution in [3.8, 4) is 0 Å². The third-order valence-electron chi connectivity index (χ3n) is 2.53. The van der Waals surface area contributed by atoms with Crippen LogP contribution >= 0.6 is 11.3 Å². The summed E-state index contributed by atoms with van der Waals surface area (Å²) >= 11 is 1.64. The van der Waals surface area contributed by atoms with Crippen LogP contribution in [-0.4, -0.2) is 23.2 Å². The molecule has 1 aliphatic rings. The minimum atomic E-state index is 0.124. The molecular weight excluding hydrogens is 196 g/mol. The molecule has 0 aromatic carbocycles. The van der Waals surface area contributed by atoms with Crippen molar-refractivity contribution >= 4 is 16.5 Å². The molecule has 0 unspecified atom stereocenters. The van der Waals surface area contributed by atoms with Crippen LogP contribution in [0.4, 0.5) is 5.13 Å². The van der Waals surface area contributed by atoms with E-state index in [4.69, 9.17) is 0 Å². The molecule has 3 nitrogen and oxygen atoms in total. The topological polar surface area (TPSA) is 36.4 Å². The second kappa shape index (κ2) is 3.87. The summed E-state index contributed by atoms with van der Waals surface area (Å²) in [5, 5.41) is 10.3. The molecule has 1 N–H and O–H groups in total. The molecule has 0 bridgehead atoms. The van der Waals surface area contributed by atoms with Gasteiger partial charge in [-0.3, -0.25) is 0 Å². The van der Waals surface area contributed by atoms with Crippen molar-refractivity contribution in [2.45, 2.75) is 32.8 Å². The number of aliphatic hydroxyl groups is 1. The van der Waals surface area contributed by atoms with Crippen molar-refractivity contribution in [3.63, 3.8) is 0 Å². The lowest BCUT2D eigenvalue weighted by molar-refractivity contribution is 0.283. The van der Waals surface area contributed by atoms with Gasteiger partial charge in [-0.2, -0.15) is 0 Å². The second-order valence-electron chi connectivity index (χ2n) is 3.96. The number of anilines is 1. The molecule has 4 heteroatoms. The molecule has 1 fully saturated rings. The van der Waals surface area contributed by atoms with E-state index in [1.807, 2.05) is 0 Å². The monoisotopic (exact) mass is 212 g/mol. The molecular formula is C10H16N2OS. The highest BCUT2D eigenvalue weighted by Gasteiger charge is 2.21. The van der Waals surface area contributed by atoms with Gasteiger partial charge in [0.25, 0.3) is 0 Å². The van der Waals surface area contributed by atoms with E-state index in [-0.39, 0.29) is 6.61 Å². The SMILES string of the molecule is CC(C)c1nc(N2CCC2)sc1CO. The number of hydrogen-bond acceptors (Lipinski definition) is 4. The maximum absolute atomic E-state index is 9.21. The van der Waals surface area contributed by atoms with Crippen LogP contribution in [0.25, 0.3) is 0 Å². The fraction of sp³-hybridized carbons (Fsp3) is 0.700. The minimum Gasteiger partial charge on any atom is -0.391 e. The summed E-state index contributed by atoms with van der Waals surface area (Å²) < 4.78 is 0. The molecule has 14 heavy (non-hydrogen) atoms. The first-order chi connectivity index (χ1) is 6.72. The maximum Gasteiger partial charge on any atom is 0.185 e. The van der Waals surface area contributed by atoms with Crippen molar-refractivity contribution < 1.29 is 5.11 Å². The zero-order valence-corrected chi connectivity index (χ0v) is 9.47. The summed E-state index contributed by atoms with van der Waals surface area (Å²) in [4.78, 5) is 7.89. The standard InChI is InChI=1S/C10H16N2OS/c1-7(2)9-8(6-13)14-10(11-9)12-4-3-5-12/h7,13H,3-6H2,1-2H3. The van der Waals surface area contributed by atoms with Gasteiger partial charge < -0.3 is 10.0 Å². The lowest BCUT2D eigenvalue weighted by Gasteiger charge is -2.30. The summed E-state index contributed by atoms with van der Waals surface area (Å²) in [5.74, 6) is 0.406. The number of hydrogen-bond donors (Lipinski definition) is 1. The summed E-state index contributed by atoms with van der Waals surface area (Å²) in [6.45, 7) is 6.60. The molecule has 0 aliphatic carbocycles. The molecule has 78 valence electrons. The Kier molecular flexibility index (Phi) is 2.74. The molecule has 0 saturated carbocycles. The zero-order valence-electron chi connectivity index (χ0n) is 8.66. The van der Waals surface area contributed by atoms with Crippen molar-refractivity contribution in [1.29, 1.82) is 0 Å². The van der Waals surface area contributed by atoms with Gasteiger partial charge in [0.2, 0.25) is 0 Å². The number of thiazole rings is 1. The largest absolute Gasteiger partial charge is 0.391 e. The van der Waals surface area contributed by atoms with E-state index in [9.17, 15) is 5.11 Å². The molecule has 2 heterocycles. The van der Waals surface area contributed by atoms with E-state index in [0.717, 1.165) is 28.8 Å². The fourth-order valence-electron chi connectivity index (χ4n) is 1.56. The first-order valence-corrected chi connectivity index (χ1v) is 5.89. The number of nitrogens with zero attached hydrogens (tertiary/aromatic N) is 2. The summed E-state index contributed by atoms with van der Waals surface area (Å²) in [6.07, 6.45) is 1.27.